The Balaban J connectivity index is 2.38. The third-order valence-electron chi connectivity index (χ3n) is 2.44. The van der Waals surface area contributed by atoms with Gasteiger partial charge in [0.1, 0.15) is 0 Å². The minimum Gasteiger partial charge on any atom is -0.396 e. The average Bonchev–Trinajstić information content (AvgIpc) is 1.94. The van der Waals surface area contributed by atoms with Crippen LogP contribution in [0.4, 0.5) is 0 Å². The Kier molecular flexibility index (Phi) is 2.69. The maximum Gasteiger partial charge on any atom is 0.0590 e. The maximum atomic E-state index is 9.33. The van der Waals surface area contributed by atoms with E-state index in [1.807, 2.05) is 0 Å². The maximum absolute atomic E-state index is 9.33. The highest BCUT2D eigenvalue weighted by Gasteiger charge is 2.25. The summed E-state index contributed by atoms with van der Waals surface area (Å²) in [4.78, 5) is 0. The normalized spacial score (nSPS) is 41.7. The number of aliphatic hydroxyl groups excluding tert-OH is 2. The second-order valence-corrected chi connectivity index (χ2v) is 3.43. The molecule has 0 bridgehead atoms. The number of aliphatic hydroxyl groups is 2. The molecule has 1 rings (SSSR count). The zero-order valence-corrected chi connectivity index (χ0v) is 6.45. The summed E-state index contributed by atoms with van der Waals surface area (Å²) in [7, 11) is 0. The molecule has 3 atom stereocenters. The third-order valence-corrected chi connectivity index (χ3v) is 2.44. The van der Waals surface area contributed by atoms with Crippen molar-refractivity contribution in [2.24, 2.45) is 11.8 Å². The van der Waals surface area contributed by atoms with Crippen LogP contribution in [-0.4, -0.2) is 22.9 Å². The van der Waals surface area contributed by atoms with Gasteiger partial charge in [0.05, 0.1) is 6.10 Å². The van der Waals surface area contributed by atoms with Crippen LogP contribution in [0.15, 0.2) is 0 Å². The molecule has 0 amide bonds. The molecule has 10 heavy (non-hydrogen) atoms. The van der Waals surface area contributed by atoms with Crippen LogP contribution < -0.4 is 0 Å². The van der Waals surface area contributed by atoms with Crippen molar-refractivity contribution in [2.45, 2.75) is 32.3 Å². The number of rotatable bonds is 1. The van der Waals surface area contributed by atoms with Crippen molar-refractivity contribution in [3.05, 3.63) is 0 Å². The molecule has 2 nitrogen and oxygen atoms in total. The van der Waals surface area contributed by atoms with E-state index in [1.165, 1.54) is 0 Å². The summed E-state index contributed by atoms with van der Waals surface area (Å²) >= 11 is 0. The van der Waals surface area contributed by atoms with Gasteiger partial charge in [0.2, 0.25) is 0 Å². The van der Waals surface area contributed by atoms with Gasteiger partial charge in [-0.05, 0) is 25.2 Å². The van der Waals surface area contributed by atoms with Crippen LogP contribution >= 0.6 is 0 Å². The lowest BCUT2D eigenvalue weighted by Crippen LogP contribution is -2.30. The van der Waals surface area contributed by atoms with E-state index in [-0.39, 0.29) is 18.6 Å². The van der Waals surface area contributed by atoms with E-state index >= 15 is 0 Å². The molecule has 0 aliphatic heterocycles. The zero-order valence-electron chi connectivity index (χ0n) is 6.45. The number of hydrogen-bond donors (Lipinski definition) is 2. The highest BCUT2D eigenvalue weighted by Crippen LogP contribution is 2.28. The van der Waals surface area contributed by atoms with Gasteiger partial charge in [-0.3, -0.25) is 0 Å². The zero-order chi connectivity index (χ0) is 7.56. The van der Waals surface area contributed by atoms with Gasteiger partial charge in [0.15, 0.2) is 0 Å². The summed E-state index contributed by atoms with van der Waals surface area (Å²) in [6.45, 7) is 2.32. The molecule has 0 heterocycles. The van der Waals surface area contributed by atoms with Crippen LogP contribution in [0.25, 0.3) is 0 Å². The molecule has 0 radical (unpaired) electrons. The van der Waals surface area contributed by atoms with E-state index in [0.29, 0.717) is 5.92 Å². The SMILES string of the molecule is CC1CCC(O)C(CO)C1. The molecule has 1 aliphatic rings. The fourth-order valence-electron chi connectivity index (χ4n) is 1.68. The molecule has 2 heteroatoms. The molecule has 1 aliphatic carbocycles. The third kappa shape index (κ3) is 1.70. The molecular formula is C8H16O2. The Morgan fingerprint density at radius 1 is 1.40 bits per heavy atom. The Labute approximate surface area is 61.9 Å². The topological polar surface area (TPSA) is 40.5 Å². The van der Waals surface area contributed by atoms with E-state index < -0.39 is 0 Å². The molecule has 0 aromatic heterocycles. The van der Waals surface area contributed by atoms with E-state index in [1.54, 1.807) is 0 Å². The van der Waals surface area contributed by atoms with Gasteiger partial charge in [-0.15, -0.1) is 0 Å². The Bertz CT molecular complexity index is 103. The summed E-state index contributed by atoms with van der Waals surface area (Å²) in [5.74, 6) is 0.823. The Morgan fingerprint density at radius 3 is 2.60 bits per heavy atom. The average molecular weight is 144 g/mol. The van der Waals surface area contributed by atoms with Crippen LogP contribution in [0.2, 0.25) is 0 Å². The lowest BCUT2D eigenvalue weighted by Gasteiger charge is -2.29. The van der Waals surface area contributed by atoms with Gasteiger partial charge in [-0.1, -0.05) is 6.92 Å². The molecule has 3 unspecified atom stereocenters. The first-order valence-corrected chi connectivity index (χ1v) is 4.03. The predicted octanol–water partition coefficient (Wildman–Crippen LogP) is 0.776. The fourth-order valence-corrected chi connectivity index (χ4v) is 1.68. The van der Waals surface area contributed by atoms with Crippen molar-refractivity contribution < 1.29 is 10.2 Å². The summed E-state index contributed by atoms with van der Waals surface area (Å²) < 4.78 is 0. The van der Waals surface area contributed by atoms with E-state index in [4.69, 9.17) is 5.11 Å². The van der Waals surface area contributed by atoms with Gasteiger partial charge < -0.3 is 10.2 Å². The van der Waals surface area contributed by atoms with Crippen molar-refractivity contribution >= 4 is 0 Å². The standard InChI is InChI=1S/C8H16O2/c1-6-2-3-8(10)7(4-6)5-9/h6-10H,2-5H2,1H3. The molecule has 0 aromatic rings. The predicted molar refractivity (Wildman–Crippen MR) is 39.6 cm³/mol. The summed E-state index contributed by atoms with van der Waals surface area (Å²) in [5.41, 5.74) is 0. The molecule has 60 valence electrons. The summed E-state index contributed by atoms with van der Waals surface area (Å²) in [6, 6.07) is 0. The van der Waals surface area contributed by atoms with E-state index in [9.17, 15) is 5.11 Å². The molecule has 0 saturated heterocycles. The van der Waals surface area contributed by atoms with Gasteiger partial charge in [0, 0.05) is 12.5 Å². The number of hydrogen-bond acceptors (Lipinski definition) is 2. The van der Waals surface area contributed by atoms with Crippen molar-refractivity contribution in [3.63, 3.8) is 0 Å². The lowest BCUT2D eigenvalue weighted by atomic mass is 9.81. The van der Waals surface area contributed by atoms with Crippen LogP contribution in [0.5, 0.6) is 0 Å². The minimum absolute atomic E-state index is 0.142. The second kappa shape index (κ2) is 3.35. The fraction of sp³-hybridized carbons (Fsp3) is 1.00. The summed E-state index contributed by atoms with van der Waals surface area (Å²) in [5, 5.41) is 18.1. The molecule has 0 spiro atoms. The minimum atomic E-state index is -0.249. The first-order chi connectivity index (χ1) is 4.74. The molecule has 1 fully saturated rings. The van der Waals surface area contributed by atoms with Gasteiger partial charge >= 0.3 is 0 Å². The monoisotopic (exact) mass is 144 g/mol. The summed E-state index contributed by atoms with van der Waals surface area (Å²) in [6.07, 6.45) is 2.71. The highest BCUT2D eigenvalue weighted by atomic mass is 16.3. The second-order valence-electron chi connectivity index (χ2n) is 3.43. The van der Waals surface area contributed by atoms with E-state index in [0.717, 1.165) is 19.3 Å². The van der Waals surface area contributed by atoms with Crippen molar-refractivity contribution in [2.75, 3.05) is 6.61 Å². The van der Waals surface area contributed by atoms with Gasteiger partial charge in [0.25, 0.3) is 0 Å². The molecule has 0 aromatic carbocycles. The molecule has 1 saturated carbocycles. The van der Waals surface area contributed by atoms with Crippen LogP contribution in [0.1, 0.15) is 26.2 Å². The first kappa shape index (κ1) is 8.02. The first-order valence-electron chi connectivity index (χ1n) is 4.03. The molecular weight excluding hydrogens is 128 g/mol. The van der Waals surface area contributed by atoms with E-state index in [2.05, 4.69) is 6.92 Å². The molecule has 2 N–H and O–H groups in total. The van der Waals surface area contributed by atoms with Crippen molar-refractivity contribution in [3.8, 4) is 0 Å². The Hall–Kier alpha value is -0.0800. The van der Waals surface area contributed by atoms with Crippen molar-refractivity contribution in [1.82, 2.24) is 0 Å². The van der Waals surface area contributed by atoms with Crippen LogP contribution in [0.3, 0.4) is 0 Å². The van der Waals surface area contributed by atoms with Crippen molar-refractivity contribution in [1.29, 1.82) is 0 Å². The van der Waals surface area contributed by atoms with Crippen LogP contribution in [-0.2, 0) is 0 Å². The quantitative estimate of drug-likeness (QED) is 0.571. The largest absolute Gasteiger partial charge is 0.396 e. The van der Waals surface area contributed by atoms with Gasteiger partial charge in [-0.25, -0.2) is 0 Å². The smallest absolute Gasteiger partial charge is 0.0590 e. The highest BCUT2D eigenvalue weighted by molar-refractivity contribution is 4.76. The van der Waals surface area contributed by atoms with Crippen LogP contribution in [0, 0.1) is 11.8 Å². The van der Waals surface area contributed by atoms with Gasteiger partial charge in [-0.2, -0.15) is 0 Å². The lowest BCUT2D eigenvalue weighted by molar-refractivity contribution is 0.0204. The Morgan fingerprint density at radius 2 is 2.10 bits per heavy atom.